The summed E-state index contributed by atoms with van der Waals surface area (Å²) < 4.78 is 0. The molecule has 0 fully saturated rings. The number of hydrogen-bond acceptors (Lipinski definition) is 3. The zero-order chi connectivity index (χ0) is 12.4. The molecule has 0 aliphatic heterocycles. The third-order valence-electron chi connectivity index (χ3n) is 3.15. The topological polar surface area (TPSA) is 36.7 Å². The summed E-state index contributed by atoms with van der Waals surface area (Å²) in [4.78, 5) is 6.29. The molecule has 0 bridgehead atoms. The first kappa shape index (κ1) is 11.3. The van der Waals surface area contributed by atoms with Crippen molar-refractivity contribution in [2.75, 3.05) is 0 Å². The van der Waals surface area contributed by atoms with Crippen LogP contribution in [0.4, 0.5) is 0 Å². The highest BCUT2D eigenvalue weighted by Crippen LogP contribution is 2.31. The number of aromatic nitrogens is 1. The second-order valence-electron chi connectivity index (χ2n) is 4.37. The van der Waals surface area contributed by atoms with Gasteiger partial charge in [-0.15, -0.1) is 0 Å². The maximum Gasteiger partial charge on any atom is 0.141 e. The Morgan fingerprint density at radius 2 is 1.89 bits per heavy atom. The minimum atomic E-state index is 0.473. The summed E-state index contributed by atoms with van der Waals surface area (Å²) in [5.41, 5.74) is 3.45. The van der Waals surface area contributed by atoms with E-state index in [1.54, 1.807) is 18.0 Å². The molecule has 0 spiro atoms. The maximum absolute atomic E-state index is 8.83. The van der Waals surface area contributed by atoms with Crippen LogP contribution in [0.15, 0.2) is 46.3 Å². The van der Waals surface area contributed by atoms with Crippen LogP contribution in [0.1, 0.15) is 23.2 Å². The fourth-order valence-electron chi connectivity index (χ4n) is 2.28. The zero-order valence-corrected chi connectivity index (χ0v) is 10.7. The Bertz CT molecular complexity index is 629. The molecule has 0 amide bonds. The molecule has 3 heteroatoms. The van der Waals surface area contributed by atoms with Crippen LogP contribution in [0.5, 0.6) is 0 Å². The van der Waals surface area contributed by atoms with Gasteiger partial charge >= 0.3 is 0 Å². The van der Waals surface area contributed by atoms with Gasteiger partial charge in [-0.2, -0.15) is 5.26 Å². The Balaban J connectivity index is 1.86. The van der Waals surface area contributed by atoms with Crippen molar-refractivity contribution >= 4 is 11.8 Å². The van der Waals surface area contributed by atoms with Crippen LogP contribution in [0.25, 0.3) is 0 Å². The first-order valence-electron chi connectivity index (χ1n) is 6.01. The number of rotatable bonds is 2. The van der Waals surface area contributed by atoms with Gasteiger partial charge in [0.1, 0.15) is 11.8 Å². The molecule has 2 aromatic rings. The quantitative estimate of drug-likeness (QED) is 0.819. The molecule has 1 aromatic heterocycles. The van der Waals surface area contributed by atoms with Crippen molar-refractivity contribution in [3.63, 3.8) is 0 Å². The number of nitrogens with zero attached hydrogens (tertiary/aromatic N) is 2. The van der Waals surface area contributed by atoms with Gasteiger partial charge in [0, 0.05) is 16.0 Å². The summed E-state index contributed by atoms with van der Waals surface area (Å²) in [6.45, 7) is 0. The molecule has 3 rings (SSSR count). The average molecular weight is 252 g/mol. The lowest BCUT2D eigenvalue weighted by Crippen LogP contribution is -1.84. The highest BCUT2D eigenvalue weighted by atomic mass is 32.2. The second-order valence-corrected chi connectivity index (χ2v) is 5.52. The molecule has 1 aromatic carbocycles. The van der Waals surface area contributed by atoms with Gasteiger partial charge in [-0.05, 0) is 54.7 Å². The number of benzene rings is 1. The Morgan fingerprint density at radius 1 is 1.06 bits per heavy atom. The van der Waals surface area contributed by atoms with Crippen LogP contribution in [0, 0.1) is 11.3 Å². The van der Waals surface area contributed by atoms with E-state index < -0.39 is 0 Å². The lowest BCUT2D eigenvalue weighted by Gasteiger charge is -2.04. The van der Waals surface area contributed by atoms with Crippen molar-refractivity contribution in [1.29, 1.82) is 5.26 Å². The van der Waals surface area contributed by atoms with Crippen molar-refractivity contribution < 1.29 is 0 Å². The van der Waals surface area contributed by atoms with Crippen LogP contribution in [-0.2, 0) is 12.8 Å². The third kappa shape index (κ3) is 2.25. The summed E-state index contributed by atoms with van der Waals surface area (Å²) >= 11 is 1.69. The molecule has 88 valence electrons. The molecule has 1 aliphatic rings. The summed E-state index contributed by atoms with van der Waals surface area (Å²) in [7, 11) is 0. The van der Waals surface area contributed by atoms with Crippen molar-refractivity contribution in [2.45, 2.75) is 29.1 Å². The second kappa shape index (κ2) is 4.83. The van der Waals surface area contributed by atoms with E-state index in [4.69, 9.17) is 5.26 Å². The molecule has 0 radical (unpaired) electrons. The van der Waals surface area contributed by atoms with E-state index in [0.717, 1.165) is 4.90 Å². The Hall–Kier alpha value is -1.79. The minimum absolute atomic E-state index is 0.473. The van der Waals surface area contributed by atoms with E-state index in [-0.39, 0.29) is 0 Å². The lowest BCUT2D eigenvalue weighted by atomic mass is 10.1. The molecule has 0 saturated carbocycles. The Kier molecular flexibility index (Phi) is 3.04. The molecule has 0 atom stereocenters. The maximum atomic E-state index is 8.83. The van der Waals surface area contributed by atoms with Crippen molar-refractivity contribution in [1.82, 2.24) is 4.98 Å². The molecule has 1 aliphatic carbocycles. The predicted molar refractivity (Wildman–Crippen MR) is 71.5 cm³/mol. The zero-order valence-electron chi connectivity index (χ0n) is 9.89. The predicted octanol–water partition coefficient (Wildman–Crippen LogP) is 3.59. The van der Waals surface area contributed by atoms with E-state index in [2.05, 4.69) is 29.3 Å². The van der Waals surface area contributed by atoms with Crippen LogP contribution in [0.3, 0.4) is 0 Å². The standard InChI is InChI=1S/C15H12N2S/c16-10-13-9-15(6-7-17-13)18-14-5-4-11-2-1-3-12(11)8-14/h4-9H,1-3H2. The smallest absolute Gasteiger partial charge is 0.141 e. The lowest BCUT2D eigenvalue weighted by molar-refractivity contribution is 0.911. The summed E-state index contributed by atoms with van der Waals surface area (Å²) in [5, 5.41) is 8.83. The van der Waals surface area contributed by atoms with Gasteiger partial charge < -0.3 is 0 Å². The van der Waals surface area contributed by atoms with Crippen molar-refractivity contribution in [3.8, 4) is 6.07 Å². The molecular formula is C15H12N2S. The van der Waals surface area contributed by atoms with Crippen LogP contribution in [0.2, 0.25) is 0 Å². The van der Waals surface area contributed by atoms with E-state index >= 15 is 0 Å². The summed E-state index contributed by atoms with van der Waals surface area (Å²) in [6.07, 6.45) is 5.38. The first-order chi connectivity index (χ1) is 8.85. The van der Waals surface area contributed by atoms with E-state index in [1.807, 2.05) is 12.1 Å². The Labute approximate surface area is 111 Å². The molecule has 1 heterocycles. The minimum Gasteiger partial charge on any atom is -0.245 e. The molecule has 18 heavy (non-hydrogen) atoms. The Morgan fingerprint density at radius 3 is 2.78 bits per heavy atom. The van der Waals surface area contributed by atoms with Crippen LogP contribution in [-0.4, -0.2) is 4.98 Å². The number of fused-ring (bicyclic) bond motifs is 1. The number of hydrogen-bond donors (Lipinski definition) is 0. The monoisotopic (exact) mass is 252 g/mol. The van der Waals surface area contributed by atoms with Crippen molar-refractivity contribution in [2.24, 2.45) is 0 Å². The third-order valence-corrected chi connectivity index (χ3v) is 4.13. The molecular weight excluding hydrogens is 240 g/mol. The van der Waals surface area contributed by atoms with Gasteiger partial charge in [-0.3, -0.25) is 0 Å². The highest BCUT2D eigenvalue weighted by molar-refractivity contribution is 7.99. The highest BCUT2D eigenvalue weighted by Gasteiger charge is 2.11. The van der Waals surface area contributed by atoms with Gasteiger partial charge in [0.15, 0.2) is 0 Å². The van der Waals surface area contributed by atoms with Gasteiger partial charge in [0.25, 0.3) is 0 Å². The molecule has 0 unspecified atom stereocenters. The SMILES string of the molecule is N#Cc1cc(Sc2ccc3c(c2)CCC3)ccn1. The van der Waals surface area contributed by atoms with E-state index in [0.29, 0.717) is 5.69 Å². The van der Waals surface area contributed by atoms with E-state index in [1.165, 1.54) is 35.3 Å². The first-order valence-corrected chi connectivity index (χ1v) is 6.82. The number of aryl methyl sites for hydroxylation is 2. The number of pyridine rings is 1. The van der Waals surface area contributed by atoms with Crippen LogP contribution >= 0.6 is 11.8 Å². The molecule has 0 N–H and O–H groups in total. The molecule has 2 nitrogen and oxygen atoms in total. The van der Waals surface area contributed by atoms with Crippen LogP contribution < -0.4 is 0 Å². The normalized spacial score (nSPS) is 13.1. The van der Waals surface area contributed by atoms with Gasteiger partial charge in [0.2, 0.25) is 0 Å². The van der Waals surface area contributed by atoms with Gasteiger partial charge in [0.05, 0.1) is 0 Å². The molecule has 0 saturated heterocycles. The summed E-state index contributed by atoms with van der Waals surface area (Å²) in [5.74, 6) is 0. The average Bonchev–Trinajstić information content (AvgIpc) is 2.86. The van der Waals surface area contributed by atoms with Gasteiger partial charge in [-0.1, -0.05) is 17.8 Å². The number of nitriles is 1. The van der Waals surface area contributed by atoms with E-state index in [9.17, 15) is 0 Å². The summed E-state index contributed by atoms with van der Waals surface area (Å²) in [6, 6.07) is 12.5. The van der Waals surface area contributed by atoms with Gasteiger partial charge in [-0.25, -0.2) is 4.98 Å². The largest absolute Gasteiger partial charge is 0.245 e. The fraction of sp³-hybridized carbons (Fsp3) is 0.200. The fourth-order valence-corrected chi connectivity index (χ4v) is 3.19. The van der Waals surface area contributed by atoms with Crippen molar-refractivity contribution in [3.05, 3.63) is 53.3 Å².